The zero-order valence-corrected chi connectivity index (χ0v) is 18.8. The number of aromatic nitrogens is 2. The Balaban J connectivity index is 1.45. The van der Waals surface area contributed by atoms with E-state index in [1.807, 2.05) is 79.2 Å². The Hall–Kier alpha value is -3.29. The molecule has 1 amide bonds. The number of nitrogens with zero attached hydrogens (tertiary/aromatic N) is 3. The normalized spacial score (nSPS) is 11.0. The molecule has 0 saturated carbocycles. The average Bonchev–Trinajstić information content (AvgIpc) is 3.40. The molecule has 7 heteroatoms. The Morgan fingerprint density at radius 3 is 2.42 bits per heavy atom. The van der Waals surface area contributed by atoms with Gasteiger partial charge in [0.2, 0.25) is 0 Å². The number of benzene rings is 2. The first-order valence-electron chi connectivity index (χ1n) is 9.72. The Morgan fingerprint density at radius 1 is 1.00 bits per heavy atom. The first-order chi connectivity index (χ1) is 15.1. The van der Waals surface area contributed by atoms with Crippen LogP contribution in [0.1, 0.15) is 22.0 Å². The number of carbonyl (C=O) groups is 1. The molecule has 156 valence electrons. The van der Waals surface area contributed by atoms with Crippen molar-refractivity contribution >= 4 is 45.5 Å². The van der Waals surface area contributed by atoms with Crippen LogP contribution in [0.25, 0.3) is 6.08 Å². The monoisotopic (exact) mass is 447 g/mol. The van der Waals surface area contributed by atoms with Gasteiger partial charge in [-0.05, 0) is 49.8 Å². The highest BCUT2D eigenvalue weighted by molar-refractivity contribution is 7.14. The van der Waals surface area contributed by atoms with Crippen LogP contribution in [-0.2, 0) is 11.4 Å². The first-order valence-corrected chi connectivity index (χ1v) is 11.5. The molecule has 31 heavy (non-hydrogen) atoms. The van der Waals surface area contributed by atoms with Crippen molar-refractivity contribution in [3.8, 4) is 5.75 Å². The highest BCUT2D eigenvalue weighted by Crippen LogP contribution is 2.29. The molecule has 0 atom stereocenters. The Kier molecular flexibility index (Phi) is 6.54. The summed E-state index contributed by atoms with van der Waals surface area (Å²) in [7, 11) is 0. The minimum atomic E-state index is -0.153. The van der Waals surface area contributed by atoms with Crippen molar-refractivity contribution in [2.75, 3.05) is 4.90 Å². The maximum absolute atomic E-state index is 13.0. The maximum atomic E-state index is 13.0. The standard InChI is InChI=1S/C24H21N3O2S2/c1-17-15-31-24(25-17)27(21-6-4-3-5-7-21)23(28)13-10-19-8-11-22(12-9-19)29-14-20-16-30-18(2)26-20/h3-13,15-16H,14H2,1-2H3/b13-10+. The van der Waals surface area contributed by atoms with Crippen LogP contribution < -0.4 is 9.64 Å². The second kappa shape index (κ2) is 9.68. The summed E-state index contributed by atoms with van der Waals surface area (Å²) in [5, 5.41) is 5.62. The van der Waals surface area contributed by atoms with Crippen molar-refractivity contribution in [2.24, 2.45) is 0 Å². The molecule has 0 aliphatic heterocycles. The summed E-state index contributed by atoms with van der Waals surface area (Å²) in [4.78, 5) is 23.5. The minimum absolute atomic E-state index is 0.153. The molecule has 0 radical (unpaired) electrons. The predicted octanol–water partition coefficient (Wildman–Crippen LogP) is 6.17. The molecule has 0 aliphatic carbocycles. The SMILES string of the molecule is Cc1csc(N(C(=O)/C=C/c2ccc(OCc3csc(C)n3)cc2)c2ccccc2)n1. The predicted molar refractivity (Wildman–Crippen MR) is 127 cm³/mol. The summed E-state index contributed by atoms with van der Waals surface area (Å²) >= 11 is 3.06. The summed E-state index contributed by atoms with van der Waals surface area (Å²) in [5.74, 6) is 0.609. The van der Waals surface area contributed by atoms with E-state index in [1.54, 1.807) is 28.4 Å². The molecule has 0 unspecified atom stereocenters. The van der Waals surface area contributed by atoms with Crippen LogP contribution in [0, 0.1) is 13.8 Å². The van der Waals surface area contributed by atoms with Crippen molar-refractivity contribution in [2.45, 2.75) is 20.5 Å². The van der Waals surface area contributed by atoms with Gasteiger partial charge < -0.3 is 4.74 Å². The summed E-state index contributed by atoms with van der Waals surface area (Å²) in [6.07, 6.45) is 3.37. The fourth-order valence-electron chi connectivity index (χ4n) is 2.90. The van der Waals surface area contributed by atoms with E-state index in [2.05, 4.69) is 9.97 Å². The van der Waals surface area contributed by atoms with Crippen molar-refractivity contribution in [1.82, 2.24) is 9.97 Å². The summed E-state index contributed by atoms with van der Waals surface area (Å²) < 4.78 is 5.78. The molecule has 0 fully saturated rings. The maximum Gasteiger partial charge on any atom is 0.257 e. The van der Waals surface area contributed by atoms with Gasteiger partial charge in [-0.15, -0.1) is 22.7 Å². The van der Waals surface area contributed by atoms with E-state index < -0.39 is 0 Å². The number of amides is 1. The largest absolute Gasteiger partial charge is 0.487 e. The molecule has 2 aromatic heterocycles. The number of rotatable bonds is 7. The number of carbonyl (C=O) groups excluding carboxylic acids is 1. The van der Waals surface area contributed by atoms with E-state index in [0.29, 0.717) is 11.7 Å². The van der Waals surface area contributed by atoms with Crippen molar-refractivity contribution in [3.05, 3.63) is 93.4 Å². The lowest BCUT2D eigenvalue weighted by Crippen LogP contribution is -2.23. The van der Waals surface area contributed by atoms with Gasteiger partial charge in [-0.1, -0.05) is 30.3 Å². The van der Waals surface area contributed by atoms with Gasteiger partial charge >= 0.3 is 0 Å². The Morgan fingerprint density at radius 2 is 1.77 bits per heavy atom. The van der Waals surface area contributed by atoms with Gasteiger partial charge in [-0.25, -0.2) is 9.97 Å². The summed E-state index contributed by atoms with van der Waals surface area (Å²) in [6, 6.07) is 17.2. The highest BCUT2D eigenvalue weighted by atomic mass is 32.1. The number of ether oxygens (including phenoxy) is 1. The van der Waals surface area contributed by atoms with Crippen LogP contribution in [0.15, 0.2) is 71.4 Å². The number of hydrogen-bond donors (Lipinski definition) is 0. The van der Waals surface area contributed by atoms with Crippen LogP contribution >= 0.6 is 22.7 Å². The molecule has 4 aromatic rings. The number of aryl methyl sites for hydroxylation is 2. The Bertz CT molecular complexity index is 1180. The lowest BCUT2D eigenvalue weighted by atomic mass is 10.2. The molecular weight excluding hydrogens is 426 g/mol. The summed E-state index contributed by atoms with van der Waals surface area (Å²) in [5.41, 5.74) is 3.51. The van der Waals surface area contributed by atoms with Crippen LogP contribution in [-0.4, -0.2) is 15.9 Å². The highest BCUT2D eigenvalue weighted by Gasteiger charge is 2.18. The van der Waals surface area contributed by atoms with Gasteiger partial charge in [0, 0.05) is 16.8 Å². The van der Waals surface area contributed by atoms with E-state index in [0.717, 1.165) is 33.4 Å². The van der Waals surface area contributed by atoms with Gasteiger partial charge in [0.25, 0.3) is 5.91 Å². The molecule has 2 heterocycles. The first kappa shape index (κ1) is 21.0. The minimum Gasteiger partial charge on any atom is -0.487 e. The third-order valence-corrected chi connectivity index (χ3v) is 6.15. The fraction of sp³-hybridized carbons (Fsp3) is 0.125. The second-order valence-electron chi connectivity index (χ2n) is 6.83. The van der Waals surface area contributed by atoms with Gasteiger partial charge in [-0.3, -0.25) is 9.69 Å². The molecule has 0 spiro atoms. The van der Waals surface area contributed by atoms with Crippen molar-refractivity contribution in [1.29, 1.82) is 0 Å². The zero-order valence-electron chi connectivity index (χ0n) is 17.2. The van der Waals surface area contributed by atoms with Gasteiger partial charge in [0.1, 0.15) is 12.4 Å². The van der Waals surface area contributed by atoms with Gasteiger partial charge in [-0.2, -0.15) is 0 Å². The third kappa shape index (κ3) is 5.45. The fourth-order valence-corrected chi connectivity index (χ4v) is 4.33. The summed E-state index contributed by atoms with van der Waals surface area (Å²) in [6.45, 7) is 4.34. The average molecular weight is 448 g/mol. The smallest absolute Gasteiger partial charge is 0.257 e. The molecule has 5 nitrogen and oxygen atoms in total. The van der Waals surface area contributed by atoms with Crippen molar-refractivity contribution in [3.63, 3.8) is 0 Å². The number of para-hydroxylation sites is 1. The van der Waals surface area contributed by atoms with Crippen LogP contribution in [0.4, 0.5) is 10.8 Å². The number of thiazole rings is 2. The lowest BCUT2D eigenvalue weighted by Gasteiger charge is -2.18. The van der Waals surface area contributed by atoms with E-state index in [4.69, 9.17) is 4.74 Å². The number of anilines is 2. The second-order valence-corrected chi connectivity index (χ2v) is 8.73. The molecule has 0 bridgehead atoms. The molecule has 0 aliphatic rings. The van der Waals surface area contributed by atoms with E-state index >= 15 is 0 Å². The lowest BCUT2D eigenvalue weighted by molar-refractivity contribution is -0.113. The zero-order chi connectivity index (χ0) is 21.6. The van der Waals surface area contributed by atoms with E-state index in [-0.39, 0.29) is 5.91 Å². The number of hydrogen-bond acceptors (Lipinski definition) is 6. The topological polar surface area (TPSA) is 55.3 Å². The van der Waals surface area contributed by atoms with E-state index in [1.165, 1.54) is 11.3 Å². The van der Waals surface area contributed by atoms with Crippen LogP contribution in [0.2, 0.25) is 0 Å². The molecule has 0 saturated heterocycles. The van der Waals surface area contributed by atoms with E-state index in [9.17, 15) is 4.79 Å². The molecule has 4 rings (SSSR count). The quantitative estimate of drug-likeness (QED) is 0.318. The van der Waals surface area contributed by atoms with Crippen molar-refractivity contribution < 1.29 is 9.53 Å². The molecule has 2 aromatic carbocycles. The molecule has 0 N–H and O–H groups in total. The van der Waals surface area contributed by atoms with Gasteiger partial charge in [0.05, 0.1) is 22.1 Å². The van der Waals surface area contributed by atoms with Crippen LogP contribution in [0.3, 0.4) is 0 Å². The molecular formula is C24H21N3O2S2. The van der Waals surface area contributed by atoms with Gasteiger partial charge in [0.15, 0.2) is 5.13 Å². The Labute approximate surface area is 189 Å². The van der Waals surface area contributed by atoms with Crippen LogP contribution in [0.5, 0.6) is 5.75 Å². The third-order valence-electron chi connectivity index (χ3n) is 4.38.